The molecule has 0 bridgehead atoms. The van der Waals surface area contributed by atoms with Crippen molar-refractivity contribution in [2.24, 2.45) is 0 Å². The molecule has 1 atom stereocenters. The first kappa shape index (κ1) is 23.5. The number of fused-ring (bicyclic) bond motifs is 1. The Bertz CT molecular complexity index is 1160. The van der Waals surface area contributed by atoms with Crippen molar-refractivity contribution >= 4 is 27.7 Å². The Balaban J connectivity index is 1.91. The Morgan fingerprint density at radius 1 is 1.03 bits per heavy atom. The lowest BCUT2D eigenvalue weighted by Crippen LogP contribution is -2.52. The topological polar surface area (TPSA) is 104 Å². The Morgan fingerprint density at radius 2 is 1.66 bits per heavy atom. The molecule has 3 amide bonds. The van der Waals surface area contributed by atoms with Gasteiger partial charge in [0.1, 0.15) is 17.5 Å². The summed E-state index contributed by atoms with van der Waals surface area (Å²) in [5, 5.41) is 2.78. The molecule has 0 aliphatic carbocycles. The third-order valence-electron chi connectivity index (χ3n) is 5.39. The summed E-state index contributed by atoms with van der Waals surface area (Å²) in [6.45, 7) is 6.52. The van der Waals surface area contributed by atoms with Gasteiger partial charge in [0.15, 0.2) is 0 Å². The predicted octanol–water partition coefficient (Wildman–Crippen LogP) is 2.08. The van der Waals surface area contributed by atoms with Crippen molar-refractivity contribution in [2.75, 3.05) is 6.54 Å². The van der Waals surface area contributed by atoms with E-state index in [0.717, 1.165) is 11.1 Å². The molecule has 0 spiro atoms. The van der Waals surface area contributed by atoms with Gasteiger partial charge < -0.3 is 10.2 Å². The van der Waals surface area contributed by atoms with E-state index in [4.69, 9.17) is 0 Å². The van der Waals surface area contributed by atoms with Crippen molar-refractivity contribution in [3.8, 4) is 0 Å². The van der Waals surface area contributed by atoms with Crippen LogP contribution in [0.1, 0.15) is 42.3 Å². The van der Waals surface area contributed by atoms with Gasteiger partial charge in [0, 0.05) is 12.6 Å². The van der Waals surface area contributed by atoms with Crippen LogP contribution in [0.3, 0.4) is 0 Å². The first-order chi connectivity index (χ1) is 15.0. The van der Waals surface area contributed by atoms with Crippen molar-refractivity contribution in [1.82, 2.24) is 14.5 Å². The summed E-state index contributed by atoms with van der Waals surface area (Å²) in [7, 11) is -4.13. The summed E-state index contributed by atoms with van der Waals surface area (Å²) in [4.78, 5) is 39.9. The highest BCUT2D eigenvalue weighted by molar-refractivity contribution is 7.90. The molecule has 0 saturated heterocycles. The fourth-order valence-electron chi connectivity index (χ4n) is 3.56. The van der Waals surface area contributed by atoms with Gasteiger partial charge >= 0.3 is 0 Å². The quantitative estimate of drug-likeness (QED) is 0.686. The normalized spacial score (nSPS) is 15.4. The van der Waals surface area contributed by atoms with Crippen LogP contribution in [0.15, 0.2) is 53.4 Å². The summed E-state index contributed by atoms with van der Waals surface area (Å²) < 4.78 is 26.3. The monoisotopic (exact) mass is 457 g/mol. The molecule has 2 aromatic rings. The summed E-state index contributed by atoms with van der Waals surface area (Å²) in [6.07, 6.45) is 0. The zero-order valence-corrected chi connectivity index (χ0v) is 19.3. The van der Waals surface area contributed by atoms with Gasteiger partial charge in [-0.05, 0) is 51.0 Å². The highest BCUT2D eigenvalue weighted by Crippen LogP contribution is 2.30. The summed E-state index contributed by atoms with van der Waals surface area (Å²) in [5.74, 6) is -1.74. The number of carbonyl (C=O) groups excluding carboxylic acids is 3. The van der Waals surface area contributed by atoms with Crippen LogP contribution in [0.5, 0.6) is 0 Å². The number of nitrogens with zero attached hydrogens (tertiary/aromatic N) is 2. The average molecular weight is 458 g/mol. The molecular weight excluding hydrogens is 430 g/mol. The van der Waals surface area contributed by atoms with Gasteiger partial charge in [0.25, 0.3) is 15.9 Å². The number of sulfonamides is 1. The van der Waals surface area contributed by atoms with Gasteiger partial charge in [-0.15, -0.1) is 0 Å². The molecule has 0 fully saturated rings. The van der Waals surface area contributed by atoms with E-state index in [9.17, 15) is 22.8 Å². The molecule has 2 aromatic carbocycles. The van der Waals surface area contributed by atoms with E-state index in [-0.39, 0.29) is 29.0 Å². The third kappa shape index (κ3) is 4.52. The molecule has 1 aliphatic rings. The summed E-state index contributed by atoms with van der Waals surface area (Å²) in [5.41, 5.74) is 1.79. The van der Waals surface area contributed by atoms with Crippen LogP contribution in [0.25, 0.3) is 0 Å². The minimum absolute atomic E-state index is 0.0383. The van der Waals surface area contributed by atoms with Crippen molar-refractivity contribution in [3.05, 3.63) is 65.2 Å². The van der Waals surface area contributed by atoms with E-state index < -0.39 is 34.4 Å². The lowest BCUT2D eigenvalue weighted by atomic mass is 10.1. The molecular formula is C23H27N3O5S. The molecule has 8 nitrogen and oxygen atoms in total. The molecule has 1 N–H and O–H groups in total. The second-order valence-electron chi connectivity index (χ2n) is 8.10. The largest absolute Gasteiger partial charge is 0.352 e. The standard InChI is InChI=1S/C23H27N3O5S/c1-15(2)24-22(28)17(4)25(13-18-10-6-5-9-16(18)3)21(27)14-26-23(29)19-11-7-8-12-20(19)32(26,30)31/h5-12,15,17H,13-14H2,1-4H3,(H,24,28). The van der Waals surface area contributed by atoms with E-state index >= 15 is 0 Å². The van der Waals surface area contributed by atoms with Crippen molar-refractivity contribution in [3.63, 3.8) is 0 Å². The minimum Gasteiger partial charge on any atom is -0.352 e. The van der Waals surface area contributed by atoms with Gasteiger partial charge in [0.2, 0.25) is 11.8 Å². The molecule has 170 valence electrons. The first-order valence-corrected chi connectivity index (χ1v) is 11.8. The fraction of sp³-hybridized carbons (Fsp3) is 0.348. The van der Waals surface area contributed by atoms with Crippen molar-refractivity contribution in [1.29, 1.82) is 0 Å². The van der Waals surface area contributed by atoms with Crippen LogP contribution in [0, 0.1) is 6.92 Å². The fourth-order valence-corrected chi connectivity index (χ4v) is 5.08. The van der Waals surface area contributed by atoms with Gasteiger partial charge in [-0.1, -0.05) is 36.4 Å². The van der Waals surface area contributed by atoms with Crippen LogP contribution in [-0.4, -0.2) is 54.0 Å². The highest BCUT2D eigenvalue weighted by Gasteiger charge is 2.43. The van der Waals surface area contributed by atoms with E-state index in [2.05, 4.69) is 5.32 Å². The zero-order valence-electron chi connectivity index (χ0n) is 18.5. The van der Waals surface area contributed by atoms with E-state index in [1.165, 1.54) is 23.1 Å². The van der Waals surface area contributed by atoms with Gasteiger partial charge in [-0.3, -0.25) is 14.4 Å². The van der Waals surface area contributed by atoms with Crippen LogP contribution < -0.4 is 5.32 Å². The number of rotatable bonds is 7. The zero-order chi connectivity index (χ0) is 23.6. The smallest absolute Gasteiger partial charge is 0.269 e. The van der Waals surface area contributed by atoms with E-state index in [0.29, 0.717) is 4.31 Å². The summed E-state index contributed by atoms with van der Waals surface area (Å²) in [6, 6.07) is 12.3. The van der Waals surface area contributed by atoms with E-state index in [1.54, 1.807) is 13.0 Å². The van der Waals surface area contributed by atoms with Crippen LogP contribution in [0.2, 0.25) is 0 Å². The molecule has 0 radical (unpaired) electrons. The Morgan fingerprint density at radius 3 is 2.28 bits per heavy atom. The number of aryl methyl sites for hydroxylation is 1. The van der Waals surface area contributed by atoms with Crippen LogP contribution in [0.4, 0.5) is 0 Å². The number of amides is 3. The SMILES string of the molecule is Cc1ccccc1CN(C(=O)CN1C(=O)c2ccccc2S1(=O)=O)C(C)C(=O)NC(C)C. The molecule has 0 aromatic heterocycles. The minimum atomic E-state index is -4.13. The maximum absolute atomic E-state index is 13.3. The molecule has 0 saturated carbocycles. The van der Waals surface area contributed by atoms with Crippen LogP contribution >= 0.6 is 0 Å². The molecule has 1 aliphatic heterocycles. The number of carbonyl (C=O) groups is 3. The number of nitrogens with one attached hydrogen (secondary N) is 1. The highest BCUT2D eigenvalue weighted by atomic mass is 32.2. The van der Waals surface area contributed by atoms with Crippen molar-refractivity contribution < 1.29 is 22.8 Å². The number of hydrogen-bond donors (Lipinski definition) is 1. The lowest BCUT2D eigenvalue weighted by molar-refractivity contribution is -0.140. The molecule has 1 heterocycles. The average Bonchev–Trinajstić information content (AvgIpc) is 2.93. The van der Waals surface area contributed by atoms with Gasteiger partial charge in [-0.25, -0.2) is 12.7 Å². The maximum Gasteiger partial charge on any atom is 0.269 e. The Kier molecular flexibility index (Phi) is 6.68. The number of hydrogen-bond acceptors (Lipinski definition) is 5. The third-order valence-corrected chi connectivity index (χ3v) is 7.18. The van der Waals surface area contributed by atoms with Crippen LogP contribution in [-0.2, 0) is 26.2 Å². The Hall–Kier alpha value is -3.20. The summed E-state index contributed by atoms with van der Waals surface area (Å²) >= 11 is 0. The lowest BCUT2D eigenvalue weighted by Gasteiger charge is -2.31. The van der Waals surface area contributed by atoms with Gasteiger partial charge in [0.05, 0.1) is 5.56 Å². The number of benzene rings is 2. The molecule has 9 heteroatoms. The predicted molar refractivity (Wildman–Crippen MR) is 119 cm³/mol. The maximum atomic E-state index is 13.3. The van der Waals surface area contributed by atoms with Gasteiger partial charge in [-0.2, -0.15) is 0 Å². The first-order valence-electron chi connectivity index (χ1n) is 10.3. The molecule has 32 heavy (non-hydrogen) atoms. The molecule has 1 unspecified atom stereocenters. The molecule has 3 rings (SSSR count). The Labute approximate surface area is 188 Å². The second kappa shape index (κ2) is 9.12. The van der Waals surface area contributed by atoms with E-state index in [1.807, 2.05) is 45.0 Å². The van der Waals surface area contributed by atoms with Crippen molar-refractivity contribution in [2.45, 2.75) is 51.2 Å². The second-order valence-corrected chi connectivity index (χ2v) is 9.93.